The lowest BCUT2D eigenvalue weighted by Gasteiger charge is -2.32. The van der Waals surface area contributed by atoms with Gasteiger partial charge in [-0.05, 0) is 39.3 Å². The molecule has 1 heterocycles. The first-order chi connectivity index (χ1) is 14.9. The summed E-state index contributed by atoms with van der Waals surface area (Å²) in [5.41, 5.74) is -1.37. The summed E-state index contributed by atoms with van der Waals surface area (Å²) in [4.78, 5) is 25.9. The van der Waals surface area contributed by atoms with Crippen molar-refractivity contribution in [1.29, 1.82) is 0 Å². The molecule has 32 heavy (non-hydrogen) atoms. The molecule has 1 aromatic carbocycles. The van der Waals surface area contributed by atoms with Gasteiger partial charge >= 0.3 is 18.1 Å². The summed E-state index contributed by atoms with van der Waals surface area (Å²) < 4.78 is 51.9. The van der Waals surface area contributed by atoms with Crippen LogP contribution in [0.25, 0.3) is 0 Å². The number of alkyl halides is 3. The van der Waals surface area contributed by atoms with Gasteiger partial charge in [0.15, 0.2) is 0 Å². The largest absolute Gasteiger partial charge is 0.457 e. The molecule has 10 heteroatoms. The second kappa shape index (κ2) is 10.2. The Morgan fingerprint density at radius 1 is 0.969 bits per heavy atom. The van der Waals surface area contributed by atoms with E-state index in [-0.39, 0.29) is 28.1 Å². The molecule has 2 rings (SSSR count). The first-order valence-electron chi connectivity index (χ1n) is 9.90. The van der Waals surface area contributed by atoms with E-state index in [1.54, 1.807) is 0 Å². The molecule has 0 bridgehead atoms. The van der Waals surface area contributed by atoms with Crippen LogP contribution in [0, 0.1) is 0 Å². The van der Waals surface area contributed by atoms with E-state index in [2.05, 4.69) is 5.32 Å². The van der Waals surface area contributed by atoms with E-state index in [1.807, 2.05) is 0 Å². The summed E-state index contributed by atoms with van der Waals surface area (Å²) in [5, 5.41) is 21.3. The van der Waals surface area contributed by atoms with Gasteiger partial charge in [-0.15, -0.1) is 0 Å². The summed E-state index contributed by atoms with van der Waals surface area (Å²) in [5.74, 6) is -3.41. The molecule has 2 unspecified atom stereocenters. The van der Waals surface area contributed by atoms with E-state index in [1.165, 1.54) is 45.9 Å². The Hall–Kier alpha value is -2.85. The topological polar surface area (TPSA) is 105 Å². The molecule has 1 aromatic rings. The summed E-state index contributed by atoms with van der Waals surface area (Å²) in [6.45, 7) is 4.81. The first-order valence-corrected chi connectivity index (χ1v) is 9.90. The minimum absolute atomic E-state index is 0.200. The van der Waals surface area contributed by atoms with Crippen LogP contribution in [-0.2, 0) is 25.2 Å². The van der Waals surface area contributed by atoms with Gasteiger partial charge in [-0.3, -0.25) is 0 Å². The van der Waals surface area contributed by atoms with Gasteiger partial charge in [0.2, 0.25) is 0 Å². The van der Waals surface area contributed by atoms with Gasteiger partial charge in [0.25, 0.3) is 0 Å². The van der Waals surface area contributed by atoms with Crippen LogP contribution in [0.4, 0.5) is 13.2 Å². The van der Waals surface area contributed by atoms with Crippen molar-refractivity contribution < 1.29 is 42.4 Å². The van der Waals surface area contributed by atoms with Crippen molar-refractivity contribution in [3.63, 3.8) is 0 Å². The fourth-order valence-corrected chi connectivity index (χ4v) is 3.42. The number of allylic oxidation sites excluding steroid dienone is 2. The number of aliphatic hydroxyl groups is 2. The monoisotopic (exact) mass is 457 g/mol. The number of aliphatic hydroxyl groups excluding tert-OH is 2. The van der Waals surface area contributed by atoms with Gasteiger partial charge in [0, 0.05) is 11.4 Å². The second-order valence-electron chi connectivity index (χ2n) is 7.52. The summed E-state index contributed by atoms with van der Waals surface area (Å²) >= 11 is 0. The van der Waals surface area contributed by atoms with Crippen LogP contribution in [0.15, 0.2) is 46.8 Å². The molecule has 0 spiro atoms. The zero-order valence-electron chi connectivity index (χ0n) is 18.1. The maximum atomic E-state index is 13.8. The van der Waals surface area contributed by atoms with Crippen LogP contribution in [0.3, 0.4) is 0 Å². The van der Waals surface area contributed by atoms with Crippen molar-refractivity contribution in [3.05, 3.63) is 57.9 Å². The van der Waals surface area contributed by atoms with E-state index in [9.17, 15) is 33.0 Å². The Labute approximate surface area is 183 Å². The number of nitrogens with one attached hydrogen (secondary N) is 1. The lowest BCUT2D eigenvalue weighted by molar-refractivity contribution is -0.147. The van der Waals surface area contributed by atoms with Gasteiger partial charge in [0.1, 0.15) is 12.2 Å². The number of ether oxygens (including phenoxy) is 2. The molecule has 3 N–H and O–H groups in total. The average Bonchev–Trinajstić information content (AvgIpc) is 2.71. The molecule has 0 aliphatic carbocycles. The number of hydrogen-bond donors (Lipinski definition) is 3. The Morgan fingerprint density at radius 2 is 1.41 bits per heavy atom. The second-order valence-corrected chi connectivity index (χ2v) is 7.52. The third-order valence-corrected chi connectivity index (χ3v) is 4.91. The number of rotatable bonds is 7. The molecule has 176 valence electrons. The highest BCUT2D eigenvalue weighted by atomic mass is 19.4. The first kappa shape index (κ1) is 25.4. The van der Waals surface area contributed by atoms with E-state index in [0.29, 0.717) is 0 Å². The zero-order valence-corrected chi connectivity index (χ0v) is 18.1. The third-order valence-electron chi connectivity index (χ3n) is 4.91. The smallest absolute Gasteiger partial charge is 0.416 e. The molecule has 0 saturated heterocycles. The molecular weight excluding hydrogens is 431 g/mol. The molecule has 2 atom stereocenters. The van der Waals surface area contributed by atoms with Crippen molar-refractivity contribution in [1.82, 2.24) is 5.32 Å². The van der Waals surface area contributed by atoms with Gasteiger partial charge < -0.3 is 25.0 Å². The fourth-order valence-electron chi connectivity index (χ4n) is 3.42. The summed E-state index contributed by atoms with van der Waals surface area (Å²) in [6, 6.07) is 4.62. The highest BCUT2D eigenvalue weighted by Gasteiger charge is 2.43. The Balaban J connectivity index is 2.74. The van der Waals surface area contributed by atoms with Crippen LogP contribution in [-0.4, -0.2) is 47.6 Å². The molecule has 0 radical (unpaired) electrons. The minimum Gasteiger partial charge on any atom is -0.457 e. The predicted octanol–water partition coefficient (Wildman–Crippen LogP) is 2.79. The summed E-state index contributed by atoms with van der Waals surface area (Å²) in [7, 11) is 0. The van der Waals surface area contributed by atoms with Crippen molar-refractivity contribution in [3.8, 4) is 0 Å². The average molecular weight is 457 g/mol. The Morgan fingerprint density at radius 3 is 1.81 bits per heavy atom. The summed E-state index contributed by atoms with van der Waals surface area (Å²) in [6.07, 6.45) is -6.60. The maximum absolute atomic E-state index is 13.8. The molecule has 0 fully saturated rings. The van der Waals surface area contributed by atoms with Crippen molar-refractivity contribution in [2.45, 2.75) is 52.0 Å². The molecule has 1 aliphatic heterocycles. The molecule has 0 saturated carbocycles. The van der Waals surface area contributed by atoms with E-state index < -0.39 is 55.0 Å². The molecule has 1 aliphatic rings. The SMILES string of the molecule is CC1=C(C(=O)OC(C)CO)C(c2ccccc2C(F)(F)F)C(C(=O)OC(C)CO)=C(C)N1. The molecule has 0 amide bonds. The van der Waals surface area contributed by atoms with Crippen molar-refractivity contribution in [2.75, 3.05) is 13.2 Å². The van der Waals surface area contributed by atoms with E-state index in [4.69, 9.17) is 9.47 Å². The Bertz CT molecular complexity index is 892. The van der Waals surface area contributed by atoms with Gasteiger partial charge in [-0.25, -0.2) is 9.59 Å². The normalized spacial score (nSPS) is 18.7. The zero-order chi connectivity index (χ0) is 24.2. The molecular formula is C22H26F3NO6. The van der Waals surface area contributed by atoms with Crippen molar-refractivity contribution >= 4 is 11.9 Å². The minimum atomic E-state index is -4.76. The van der Waals surface area contributed by atoms with Crippen LogP contribution in [0.5, 0.6) is 0 Å². The number of dihydropyridines is 1. The third kappa shape index (κ3) is 5.49. The van der Waals surface area contributed by atoms with Gasteiger partial charge in [0.05, 0.1) is 35.8 Å². The lowest BCUT2D eigenvalue weighted by atomic mass is 9.78. The Kier molecular flexibility index (Phi) is 8.08. The number of benzene rings is 1. The van der Waals surface area contributed by atoms with Crippen LogP contribution < -0.4 is 5.32 Å². The van der Waals surface area contributed by atoms with Gasteiger partial charge in [-0.2, -0.15) is 13.2 Å². The predicted molar refractivity (Wildman–Crippen MR) is 108 cm³/mol. The van der Waals surface area contributed by atoms with Crippen molar-refractivity contribution in [2.24, 2.45) is 0 Å². The number of carbonyl (C=O) groups is 2. The highest BCUT2D eigenvalue weighted by Crippen LogP contribution is 2.44. The maximum Gasteiger partial charge on any atom is 0.416 e. The van der Waals surface area contributed by atoms with Crippen LogP contribution in [0.1, 0.15) is 44.7 Å². The molecule has 7 nitrogen and oxygen atoms in total. The fraction of sp³-hybridized carbons (Fsp3) is 0.455. The number of esters is 2. The number of halogens is 3. The molecule has 0 aromatic heterocycles. The quantitative estimate of drug-likeness (QED) is 0.541. The standard InChI is InChI=1S/C22H26F3NO6/c1-11(9-27)31-20(29)17-13(3)26-14(4)18(21(30)32-12(2)10-28)19(17)15-7-5-6-8-16(15)22(23,24)25/h5-8,11-12,19,26-28H,9-10H2,1-4H3. The van der Waals surface area contributed by atoms with E-state index in [0.717, 1.165) is 6.07 Å². The van der Waals surface area contributed by atoms with Gasteiger partial charge in [-0.1, -0.05) is 18.2 Å². The van der Waals surface area contributed by atoms with Crippen LogP contribution >= 0.6 is 0 Å². The van der Waals surface area contributed by atoms with E-state index >= 15 is 0 Å². The number of carbonyl (C=O) groups excluding carboxylic acids is 2. The number of hydrogen-bond acceptors (Lipinski definition) is 7. The van der Waals surface area contributed by atoms with Crippen LogP contribution in [0.2, 0.25) is 0 Å². The highest BCUT2D eigenvalue weighted by molar-refractivity contribution is 6.00. The lowest BCUT2D eigenvalue weighted by Crippen LogP contribution is -2.35.